The van der Waals surface area contributed by atoms with Gasteiger partial charge in [-0.3, -0.25) is 0 Å². The van der Waals surface area contributed by atoms with Crippen molar-refractivity contribution in [3.8, 4) is 17.0 Å². The molecule has 2 heterocycles. The van der Waals surface area contributed by atoms with Crippen LogP contribution in [0.15, 0.2) is 42.6 Å². The van der Waals surface area contributed by atoms with Gasteiger partial charge in [-0.25, -0.2) is 4.98 Å². The Bertz CT molecular complexity index is 679. The van der Waals surface area contributed by atoms with Gasteiger partial charge in [-0.2, -0.15) is 0 Å². The first-order chi connectivity index (χ1) is 10.6. The van der Waals surface area contributed by atoms with Gasteiger partial charge in [0, 0.05) is 24.8 Å². The van der Waals surface area contributed by atoms with E-state index in [1.165, 1.54) is 0 Å². The normalized spacial score (nSPS) is 17.5. The number of likely N-dealkylation sites (N-methyl/N-ethyl adjacent to an activating group) is 1. The first kappa shape index (κ1) is 17.9. The van der Waals surface area contributed by atoms with Crippen LogP contribution in [0, 0.1) is 0 Å². The van der Waals surface area contributed by atoms with Gasteiger partial charge >= 0.3 is 29.6 Å². The van der Waals surface area contributed by atoms with Crippen molar-refractivity contribution in [3.63, 3.8) is 0 Å². The molecule has 1 aliphatic rings. The zero-order valence-corrected chi connectivity index (χ0v) is 15.4. The molecule has 0 saturated carbocycles. The number of rotatable bonds is 4. The topological polar surface area (TPSA) is 65.5 Å². The number of nitrogens with zero attached hydrogens (tertiary/aromatic N) is 2. The second-order valence-corrected chi connectivity index (χ2v) is 5.52. The number of aromatic carboxylic acids is 1. The first-order valence-corrected chi connectivity index (χ1v) is 7.25. The number of carbonyl (C=O) groups excluding carboxylic acids is 1. The Hall–Kier alpha value is -1.40. The van der Waals surface area contributed by atoms with Crippen LogP contribution in [-0.4, -0.2) is 42.1 Å². The van der Waals surface area contributed by atoms with E-state index in [1.54, 1.807) is 12.3 Å². The molecule has 1 aromatic carbocycles. The molecule has 1 fully saturated rings. The molecular formula is C17H17N2NaO3. The van der Waals surface area contributed by atoms with Gasteiger partial charge in [0.25, 0.3) is 0 Å². The maximum Gasteiger partial charge on any atom is 1.00 e. The number of carboxylic acids is 1. The van der Waals surface area contributed by atoms with Gasteiger partial charge in [0.15, 0.2) is 0 Å². The average molecular weight is 320 g/mol. The van der Waals surface area contributed by atoms with Crippen molar-refractivity contribution in [3.05, 3.63) is 48.2 Å². The van der Waals surface area contributed by atoms with E-state index in [-0.39, 0.29) is 47.1 Å². The summed E-state index contributed by atoms with van der Waals surface area (Å²) in [4.78, 5) is 17.7. The summed E-state index contributed by atoms with van der Waals surface area (Å²) in [6, 6.07) is 11.1. The van der Waals surface area contributed by atoms with Crippen LogP contribution in [-0.2, 0) is 0 Å². The minimum atomic E-state index is -1.27. The summed E-state index contributed by atoms with van der Waals surface area (Å²) in [5, 5.41) is 11.4. The molecule has 23 heavy (non-hydrogen) atoms. The largest absolute Gasteiger partial charge is 1.00 e. The molecule has 0 spiro atoms. The molecule has 0 amide bonds. The van der Waals surface area contributed by atoms with Crippen LogP contribution in [0.2, 0.25) is 0 Å². The molecule has 1 aliphatic heterocycles. The Morgan fingerprint density at radius 2 is 2.04 bits per heavy atom. The summed E-state index contributed by atoms with van der Waals surface area (Å²) in [5.74, 6) is -1.13. The number of ether oxygens (including phenoxy) is 1. The zero-order valence-electron chi connectivity index (χ0n) is 13.4. The molecule has 3 rings (SSSR count). The number of aromatic nitrogens is 1. The molecular weight excluding hydrogens is 303 g/mol. The summed E-state index contributed by atoms with van der Waals surface area (Å²) in [7, 11) is 2.01. The van der Waals surface area contributed by atoms with E-state index in [0.717, 1.165) is 30.6 Å². The molecule has 1 atom stereocenters. The summed E-state index contributed by atoms with van der Waals surface area (Å²) < 4.78 is 5.76. The van der Waals surface area contributed by atoms with Gasteiger partial charge in [0.1, 0.15) is 6.10 Å². The van der Waals surface area contributed by atoms with Crippen LogP contribution < -0.4 is 39.4 Å². The predicted molar refractivity (Wildman–Crippen MR) is 80.5 cm³/mol. The summed E-state index contributed by atoms with van der Waals surface area (Å²) in [6.07, 6.45) is 2.47. The Morgan fingerprint density at radius 1 is 1.30 bits per heavy atom. The van der Waals surface area contributed by atoms with Crippen LogP contribution in [0.4, 0.5) is 0 Å². The monoisotopic (exact) mass is 320 g/mol. The number of pyridine rings is 1. The minimum Gasteiger partial charge on any atom is -0.545 e. The number of carbonyl (C=O) groups is 1. The molecule has 0 radical (unpaired) electrons. The van der Waals surface area contributed by atoms with Crippen LogP contribution in [0.1, 0.15) is 16.8 Å². The van der Waals surface area contributed by atoms with E-state index in [9.17, 15) is 9.90 Å². The fourth-order valence-electron chi connectivity index (χ4n) is 2.63. The molecule has 114 valence electrons. The summed E-state index contributed by atoms with van der Waals surface area (Å²) in [6.45, 7) is 1.71. The number of likely N-dealkylation sites (tertiary alicyclic amines) is 1. The number of hydrogen-bond donors (Lipinski definition) is 0. The molecule has 6 heteroatoms. The average Bonchev–Trinajstić information content (AvgIpc) is 2.93. The van der Waals surface area contributed by atoms with Crippen molar-refractivity contribution < 1.29 is 44.2 Å². The van der Waals surface area contributed by atoms with Crippen molar-refractivity contribution in [1.29, 1.82) is 0 Å². The van der Waals surface area contributed by atoms with E-state index in [0.29, 0.717) is 0 Å². The van der Waals surface area contributed by atoms with E-state index in [2.05, 4.69) is 9.88 Å². The Labute approximate surface area is 157 Å². The van der Waals surface area contributed by atoms with E-state index in [1.807, 2.05) is 37.4 Å². The van der Waals surface area contributed by atoms with Gasteiger partial charge < -0.3 is 19.5 Å². The molecule has 1 saturated heterocycles. The van der Waals surface area contributed by atoms with Crippen LogP contribution in [0.5, 0.6) is 5.88 Å². The fourth-order valence-corrected chi connectivity index (χ4v) is 2.63. The molecule has 1 unspecified atom stereocenters. The summed E-state index contributed by atoms with van der Waals surface area (Å²) >= 11 is 0. The number of benzene rings is 1. The van der Waals surface area contributed by atoms with Gasteiger partial charge in [-0.05, 0) is 25.1 Å². The maximum atomic E-state index is 11.4. The third kappa shape index (κ3) is 4.32. The minimum absolute atomic E-state index is 0. The van der Waals surface area contributed by atoms with Crippen LogP contribution in [0.25, 0.3) is 11.1 Å². The van der Waals surface area contributed by atoms with Crippen molar-refractivity contribution >= 4 is 5.97 Å². The SMILES string of the molecule is CN1CCC(Oc2ncc(-c3ccccc3)cc2C(=O)[O-])C1.[Na+]. The third-order valence-electron chi connectivity index (χ3n) is 3.80. The van der Waals surface area contributed by atoms with Gasteiger partial charge in [0.05, 0.1) is 11.5 Å². The van der Waals surface area contributed by atoms with E-state index >= 15 is 0 Å². The first-order valence-electron chi connectivity index (χ1n) is 7.25. The van der Waals surface area contributed by atoms with Crippen LogP contribution >= 0.6 is 0 Å². The van der Waals surface area contributed by atoms with E-state index < -0.39 is 5.97 Å². The smallest absolute Gasteiger partial charge is 0.545 e. The molecule has 2 aromatic rings. The van der Waals surface area contributed by atoms with Gasteiger partial charge in [0.2, 0.25) is 5.88 Å². The number of carboxylic acid groups (broad SMARTS) is 1. The zero-order chi connectivity index (χ0) is 15.5. The molecule has 5 nitrogen and oxygen atoms in total. The molecule has 0 N–H and O–H groups in total. The second kappa shape index (κ2) is 7.93. The number of hydrogen-bond acceptors (Lipinski definition) is 5. The van der Waals surface area contributed by atoms with Crippen molar-refractivity contribution in [2.75, 3.05) is 20.1 Å². The van der Waals surface area contributed by atoms with Crippen molar-refractivity contribution in [1.82, 2.24) is 9.88 Å². The second-order valence-electron chi connectivity index (χ2n) is 5.52. The fraction of sp³-hybridized carbons (Fsp3) is 0.294. The Kier molecular flexibility index (Phi) is 6.18. The maximum absolute atomic E-state index is 11.4. The Balaban J connectivity index is 0.00000192. The Morgan fingerprint density at radius 3 is 2.65 bits per heavy atom. The van der Waals surface area contributed by atoms with E-state index in [4.69, 9.17) is 4.74 Å². The molecule has 0 aliphatic carbocycles. The standard InChI is InChI=1S/C17H18N2O3.Na/c1-19-8-7-14(11-19)22-16-15(17(20)21)9-13(10-18-16)12-5-3-2-4-6-12;/h2-6,9-10,14H,7-8,11H2,1H3,(H,20,21);/q;+1/p-1. The quantitative estimate of drug-likeness (QED) is 0.622. The van der Waals surface area contributed by atoms with Crippen molar-refractivity contribution in [2.24, 2.45) is 0 Å². The van der Waals surface area contributed by atoms with Gasteiger partial charge in [-0.15, -0.1) is 0 Å². The van der Waals surface area contributed by atoms with Crippen LogP contribution in [0.3, 0.4) is 0 Å². The molecule has 1 aromatic heterocycles. The van der Waals surface area contributed by atoms with Crippen molar-refractivity contribution in [2.45, 2.75) is 12.5 Å². The molecule has 0 bridgehead atoms. The third-order valence-corrected chi connectivity index (χ3v) is 3.80. The predicted octanol–water partition coefficient (Wildman–Crippen LogP) is -1.80. The summed E-state index contributed by atoms with van der Waals surface area (Å²) in [5.41, 5.74) is 1.64. The van der Waals surface area contributed by atoms with Gasteiger partial charge in [-0.1, -0.05) is 30.3 Å².